The molecule has 1 aliphatic heterocycles. The van der Waals surface area contributed by atoms with Gasteiger partial charge in [-0.1, -0.05) is 26.8 Å². The van der Waals surface area contributed by atoms with E-state index in [9.17, 15) is 4.79 Å². The molecule has 0 radical (unpaired) electrons. The van der Waals surface area contributed by atoms with Crippen molar-refractivity contribution >= 4 is 29.2 Å². The number of hydrogen-bond acceptors (Lipinski definition) is 3. The topological polar surface area (TPSA) is 25.4 Å². The van der Waals surface area contributed by atoms with Gasteiger partial charge in [-0.05, 0) is 12.5 Å². The number of pyridine rings is 1. The van der Waals surface area contributed by atoms with Gasteiger partial charge in [-0.15, -0.1) is 23.5 Å². The fraction of sp³-hybridized carbons (Fsp3) is 0.500. The Labute approximate surface area is 133 Å². The molecule has 3 nitrogen and oxygen atoms in total. The number of nitrogens with zero attached hydrogens (tertiary/aromatic N) is 2. The zero-order valence-corrected chi connectivity index (χ0v) is 14.3. The summed E-state index contributed by atoms with van der Waals surface area (Å²) in [5.74, 6) is 0. The third-order valence-electron chi connectivity index (χ3n) is 3.95. The summed E-state index contributed by atoms with van der Waals surface area (Å²) >= 11 is 3.83. The molecule has 21 heavy (non-hydrogen) atoms. The van der Waals surface area contributed by atoms with Crippen molar-refractivity contribution in [2.24, 2.45) is 0 Å². The largest absolute Gasteiger partial charge is 0.347 e. The first-order valence-electron chi connectivity index (χ1n) is 7.46. The van der Waals surface area contributed by atoms with E-state index in [1.54, 1.807) is 4.40 Å². The molecule has 0 spiro atoms. The highest BCUT2D eigenvalue weighted by atomic mass is 32.2. The maximum atomic E-state index is 12.8. The van der Waals surface area contributed by atoms with E-state index in [1.807, 2.05) is 47.9 Å². The van der Waals surface area contributed by atoms with E-state index in [2.05, 4.69) is 31.5 Å². The Balaban J connectivity index is 2.15. The van der Waals surface area contributed by atoms with E-state index in [-0.39, 0.29) is 10.1 Å². The van der Waals surface area contributed by atoms with Gasteiger partial charge in [0.2, 0.25) is 0 Å². The average Bonchev–Trinajstić information content (AvgIpc) is 2.82. The SMILES string of the molecule is CCC[n+]1cc(C2SC(C)C(C)S2)c(=O)n2ccccc21. The van der Waals surface area contributed by atoms with Crippen LogP contribution in [0.4, 0.5) is 0 Å². The van der Waals surface area contributed by atoms with Gasteiger partial charge < -0.3 is 0 Å². The van der Waals surface area contributed by atoms with E-state index in [1.165, 1.54) is 0 Å². The Morgan fingerprint density at radius 3 is 2.62 bits per heavy atom. The van der Waals surface area contributed by atoms with Crippen molar-refractivity contribution < 1.29 is 4.57 Å². The van der Waals surface area contributed by atoms with E-state index in [0.717, 1.165) is 24.2 Å². The molecular formula is C16H21N2OS2+. The quantitative estimate of drug-likeness (QED) is 0.812. The van der Waals surface area contributed by atoms with E-state index < -0.39 is 0 Å². The summed E-state index contributed by atoms with van der Waals surface area (Å²) in [4.78, 5) is 12.8. The van der Waals surface area contributed by atoms with Crippen LogP contribution in [0.2, 0.25) is 0 Å². The van der Waals surface area contributed by atoms with Crippen LogP contribution in [0.5, 0.6) is 0 Å². The van der Waals surface area contributed by atoms with Crippen LogP contribution >= 0.6 is 23.5 Å². The summed E-state index contributed by atoms with van der Waals surface area (Å²) in [6, 6.07) is 5.93. The van der Waals surface area contributed by atoms with E-state index in [4.69, 9.17) is 0 Å². The van der Waals surface area contributed by atoms with Crippen molar-refractivity contribution in [3.05, 3.63) is 46.5 Å². The van der Waals surface area contributed by atoms with Crippen molar-refractivity contribution in [1.82, 2.24) is 4.40 Å². The van der Waals surface area contributed by atoms with Gasteiger partial charge in [0, 0.05) is 16.6 Å². The molecular weight excluding hydrogens is 300 g/mol. The first kappa shape index (κ1) is 15.0. The Morgan fingerprint density at radius 1 is 1.24 bits per heavy atom. The van der Waals surface area contributed by atoms with Gasteiger partial charge in [0.1, 0.15) is 11.8 Å². The lowest BCUT2D eigenvalue weighted by Gasteiger charge is -2.10. The van der Waals surface area contributed by atoms with Crippen molar-refractivity contribution in [2.45, 2.75) is 48.8 Å². The summed E-state index contributed by atoms with van der Waals surface area (Å²) in [6.07, 6.45) is 5.02. The van der Waals surface area contributed by atoms with Crippen LogP contribution in [-0.4, -0.2) is 14.9 Å². The molecule has 0 aliphatic carbocycles. The molecule has 3 heterocycles. The fourth-order valence-corrected chi connectivity index (χ4v) is 6.17. The third-order valence-corrected chi connectivity index (χ3v) is 7.47. The normalized spacial score (nSPS) is 25.6. The van der Waals surface area contributed by atoms with Gasteiger partial charge in [0.25, 0.3) is 5.65 Å². The molecule has 0 N–H and O–H groups in total. The molecule has 2 unspecified atom stereocenters. The van der Waals surface area contributed by atoms with Crippen LogP contribution in [0, 0.1) is 0 Å². The summed E-state index contributed by atoms with van der Waals surface area (Å²) in [5.41, 5.74) is 2.03. The molecule has 3 rings (SSSR count). The third kappa shape index (κ3) is 2.73. The molecule has 1 saturated heterocycles. The molecule has 1 fully saturated rings. The lowest BCUT2D eigenvalue weighted by Crippen LogP contribution is -2.41. The lowest BCUT2D eigenvalue weighted by molar-refractivity contribution is -0.675. The monoisotopic (exact) mass is 321 g/mol. The van der Waals surface area contributed by atoms with Crippen molar-refractivity contribution in [3.63, 3.8) is 0 Å². The standard InChI is InChI=1S/C16H21N2OS2/c1-4-8-17-10-13(16-20-11(2)12(3)21-16)15(19)18-9-6-5-7-14(17)18/h5-7,9-12,16H,4,8H2,1-3H3/q+1. The first-order valence-corrected chi connectivity index (χ1v) is 9.35. The van der Waals surface area contributed by atoms with Crippen LogP contribution in [-0.2, 0) is 6.54 Å². The Hall–Kier alpha value is -0.940. The molecule has 2 atom stereocenters. The number of aromatic nitrogens is 2. The van der Waals surface area contributed by atoms with Crippen molar-refractivity contribution in [3.8, 4) is 0 Å². The van der Waals surface area contributed by atoms with Gasteiger partial charge in [-0.2, -0.15) is 4.40 Å². The molecule has 0 aromatic carbocycles. The fourth-order valence-electron chi connectivity index (χ4n) is 2.64. The zero-order chi connectivity index (χ0) is 15.0. The van der Waals surface area contributed by atoms with Crippen LogP contribution in [0.1, 0.15) is 37.3 Å². The number of rotatable bonds is 3. The number of aryl methyl sites for hydroxylation is 1. The van der Waals surface area contributed by atoms with Gasteiger partial charge >= 0.3 is 5.56 Å². The minimum Gasteiger partial charge on any atom is -0.240 e. The predicted octanol–water partition coefficient (Wildman–Crippen LogP) is 3.25. The summed E-state index contributed by atoms with van der Waals surface area (Å²) in [6.45, 7) is 7.61. The molecule has 1 aliphatic rings. The van der Waals surface area contributed by atoms with Gasteiger partial charge in [-0.25, -0.2) is 9.36 Å². The second-order valence-corrected chi connectivity index (χ2v) is 8.80. The van der Waals surface area contributed by atoms with Crippen LogP contribution in [0.15, 0.2) is 35.4 Å². The summed E-state index contributed by atoms with van der Waals surface area (Å²) < 4.78 is 4.26. The van der Waals surface area contributed by atoms with Gasteiger partial charge in [0.15, 0.2) is 0 Å². The van der Waals surface area contributed by atoms with Crippen molar-refractivity contribution in [1.29, 1.82) is 0 Å². The van der Waals surface area contributed by atoms with Crippen LogP contribution in [0.25, 0.3) is 5.65 Å². The highest BCUT2D eigenvalue weighted by Gasteiger charge is 2.34. The Bertz CT molecular complexity index is 703. The average molecular weight is 321 g/mol. The number of hydrogen-bond donors (Lipinski definition) is 0. The molecule has 0 bridgehead atoms. The Kier molecular flexibility index (Phi) is 4.31. The lowest BCUT2D eigenvalue weighted by atomic mass is 10.3. The number of thioether (sulfide) groups is 2. The second kappa shape index (κ2) is 6.05. The zero-order valence-electron chi connectivity index (χ0n) is 12.7. The molecule has 5 heteroatoms. The summed E-state index contributed by atoms with van der Waals surface area (Å²) in [5, 5.41) is 1.19. The highest BCUT2D eigenvalue weighted by molar-refractivity contribution is 8.20. The summed E-state index contributed by atoms with van der Waals surface area (Å²) in [7, 11) is 0. The maximum absolute atomic E-state index is 12.8. The van der Waals surface area contributed by atoms with Crippen LogP contribution < -0.4 is 10.1 Å². The van der Waals surface area contributed by atoms with Crippen molar-refractivity contribution in [2.75, 3.05) is 0 Å². The Morgan fingerprint density at radius 2 is 1.95 bits per heavy atom. The molecule has 0 saturated carbocycles. The highest BCUT2D eigenvalue weighted by Crippen LogP contribution is 2.52. The van der Waals surface area contributed by atoms with Crippen LogP contribution in [0.3, 0.4) is 0 Å². The van der Waals surface area contributed by atoms with E-state index in [0.29, 0.717) is 10.5 Å². The maximum Gasteiger partial charge on any atom is 0.347 e. The number of fused-ring (bicyclic) bond motifs is 1. The molecule has 0 amide bonds. The van der Waals surface area contributed by atoms with Gasteiger partial charge in [-0.3, -0.25) is 0 Å². The predicted molar refractivity (Wildman–Crippen MR) is 91.0 cm³/mol. The first-order chi connectivity index (χ1) is 10.1. The minimum atomic E-state index is 0.129. The second-order valence-electron chi connectivity index (χ2n) is 5.53. The van der Waals surface area contributed by atoms with E-state index >= 15 is 0 Å². The van der Waals surface area contributed by atoms with Gasteiger partial charge in [0.05, 0.1) is 17.3 Å². The molecule has 2 aromatic heterocycles. The smallest absolute Gasteiger partial charge is 0.240 e. The minimum absolute atomic E-state index is 0.129. The molecule has 2 aromatic rings. The molecule has 112 valence electrons.